The lowest BCUT2D eigenvalue weighted by molar-refractivity contribution is -0.124. The molecule has 1 aliphatic rings. The molecule has 0 fully saturated rings. The van der Waals surface area contributed by atoms with Gasteiger partial charge in [-0.15, -0.1) is 11.8 Å². The minimum Gasteiger partial charge on any atom is -0.404 e. The number of carbonyl (C=O) groups excluding carboxylic acids is 2. The summed E-state index contributed by atoms with van der Waals surface area (Å²) < 4.78 is 0. The number of H-pyrrole nitrogens is 1. The molecule has 158 valence electrons. The second-order valence-electron chi connectivity index (χ2n) is 7.20. The first-order valence-corrected chi connectivity index (χ1v) is 10.8. The summed E-state index contributed by atoms with van der Waals surface area (Å²) >= 11 is 1.54. The molecule has 4 N–H and O–H groups in total. The third kappa shape index (κ3) is 4.49. The van der Waals surface area contributed by atoms with Crippen LogP contribution in [0.5, 0.6) is 0 Å². The highest BCUT2D eigenvalue weighted by Crippen LogP contribution is 2.36. The maximum atomic E-state index is 13.0. The number of thioether (sulfide) groups is 1. The number of fused-ring (bicyclic) bond motifs is 2. The number of amides is 2. The van der Waals surface area contributed by atoms with E-state index in [-0.39, 0.29) is 11.5 Å². The molecular formula is C23H23N5O2S. The van der Waals surface area contributed by atoms with Crippen molar-refractivity contribution >= 4 is 46.4 Å². The Labute approximate surface area is 184 Å². The van der Waals surface area contributed by atoms with Crippen LogP contribution in [0.2, 0.25) is 0 Å². The van der Waals surface area contributed by atoms with Gasteiger partial charge in [-0.2, -0.15) is 0 Å². The van der Waals surface area contributed by atoms with Crippen LogP contribution >= 0.6 is 11.8 Å². The number of aromatic amines is 1. The molecule has 2 amide bonds. The van der Waals surface area contributed by atoms with Gasteiger partial charge in [-0.3, -0.25) is 14.6 Å². The fourth-order valence-electron chi connectivity index (χ4n) is 3.40. The van der Waals surface area contributed by atoms with Crippen molar-refractivity contribution in [3.8, 4) is 0 Å². The fraction of sp³-hybridized carbons (Fsp3) is 0.174. The van der Waals surface area contributed by atoms with Crippen LogP contribution in [0, 0.1) is 0 Å². The van der Waals surface area contributed by atoms with Crippen molar-refractivity contribution in [2.24, 2.45) is 10.7 Å². The lowest BCUT2D eigenvalue weighted by Gasteiger charge is -2.21. The zero-order valence-corrected chi connectivity index (χ0v) is 17.9. The molecule has 1 atom stereocenters. The Morgan fingerprint density at radius 2 is 2.13 bits per heavy atom. The first-order valence-electron chi connectivity index (χ1n) is 9.85. The zero-order chi connectivity index (χ0) is 21.8. The average molecular weight is 434 g/mol. The summed E-state index contributed by atoms with van der Waals surface area (Å²) in [5.74, 6) is -0.176. The summed E-state index contributed by atoms with van der Waals surface area (Å²) in [5.41, 5.74) is 8.73. The summed E-state index contributed by atoms with van der Waals surface area (Å²) in [7, 11) is 1.73. The van der Waals surface area contributed by atoms with Crippen LogP contribution in [0.3, 0.4) is 0 Å². The van der Waals surface area contributed by atoms with E-state index in [1.807, 2.05) is 54.7 Å². The third-order valence-corrected chi connectivity index (χ3v) is 6.26. The molecule has 0 radical (unpaired) electrons. The Morgan fingerprint density at radius 3 is 2.90 bits per heavy atom. The molecule has 0 aliphatic carbocycles. The number of rotatable bonds is 5. The Kier molecular flexibility index (Phi) is 6.08. The van der Waals surface area contributed by atoms with Crippen molar-refractivity contribution in [1.82, 2.24) is 10.3 Å². The minimum atomic E-state index is -0.675. The van der Waals surface area contributed by atoms with Crippen LogP contribution in [-0.2, 0) is 16.1 Å². The number of nitrogens with zero attached hydrogens (tertiary/aromatic N) is 2. The summed E-state index contributed by atoms with van der Waals surface area (Å²) in [4.78, 5) is 35.8. The molecule has 7 nitrogen and oxygen atoms in total. The number of hydrogen-bond donors (Lipinski definition) is 3. The molecule has 0 saturated heterocycles. The number of anilines is 1. The zero-order valence-electron chi connectivity index (χ0n) is 17.0. The number of benzene rings is 2. The maximum Gasteiger partial charge on any atom is 0.254 e. The van der Waals surface area contributed by atoms with Crippen LogP contribution in [0.1, 0.15) is 5.56 Å². The van der Waals surface area contributed by atoms with Gasteiger partial charge >= 0.3 is 0 Å². The highest BCUT2D eigenvalue weighted by Gasteiger charge is 2.30. The monoisotopic (exact) mass is 433 g/mol. The molecule has 8 heteroatoms. The molecule has 0 saturated carbocycles. The number of likely N-dealkylation sites (N-methyl/N-ethyl adjacent to an activating group) is 1. The van der Waals surface area contributed by atoms with E-state index in [4.69, 9.17) is 5.73 Å². The van der Waals surface area contributed by atoms with E-state index in [1.54, 1.807) is 11.9 Å². The maximum absolute atomic E-state index is 13.0. The lowest BCUT2D eigenvalue weighted by atomic mass is 10.2. The van der Waals surface area contributed by atoms with Crippen molar-refractivity contribution < 1.29 is 9.59 Å². The number of hydrogen-bond acceptors (Lipinski definition) is 5. The van der Waals surface area contributed by atoms with Crippen LogP contribution < -0.4 is 16.0 Å². The van der Waals surface area contributed by atoms with Crippen molar-refractivity contribution in [2.45, 2.75) is 17.5 Å². The molecule has 0 spiro atoms. The molecular weight excluding hydrogens is 410 g/mol. The first-order chi connectivity index (χ1) is 15.1. The van der Waals surface area contributed by atoms with E-state index in [2.05, 4.69) is 15.3 Å². The minimum absolute atomic E-state index is 0.174. The standard InChI is InChI=1S/C23H23N5O2S/c1-28-20-9-16-7-8-26-18(16)10-21(20)31-14-19(23(28)30)27-22(29)17(11-24)13-25-12-15-5-3-2-4-6-15/h2-11,13,19,26H,12,14,24H2,1H3,(H,27,29)/t19-/m0/s1. The van der Waals surface area contributed by atoms with Gasteiger partial charge in [-0.1, -0.05) is 30.3 Å². The number of aromatic nitrogens is 1. The van der Waals surface area contributed by atoms with Crippen molar-refractivity contribution in [2.75, 3.05) is 17.7 Å². The Morgan fingerprint density at radius 1 is 1.32 bits per heavy atom. The van der Waals surface area contributed by atoms with Gasteiger partial charge in [0, 0.05) is 47.2 Å². The second kappa shape index (κ2) is 9.09. The van der Waals surface area contributed by atoms with Crippen molar-refractivity contribution in [1.29, 1.82) is 0 Å². The van der Waals surface area contributed by atoms with E-state index in [0.29, 0.717) is 12.3 Å². The molecule has 0 unspecified atom stereocenters. The van der Waals surface area contributed by atoms with Gasteiger partial charge in [-0.25, -0.2) is 0 Å². The third-order valence-electron chi connectivity index (χ3n) is 5.12. The SMILES string of the molecule is CN1C(=O)[C@@H](NC(=O)C(C=NCc2ccccc2)=CN)CSc2cc3[nH]ccc3cc21. The molecule has 4 rings (SSSR count). The summed E-state index contributed by atoms with van der Waals surface area (Å²) in [6, 6.07) is 15.0. The van der Waals surface area contributed by atoms with Gasteiger partial charge in [0.25, 0.3) is 5.91 Å². The molecule has 0 bridgehead atoms. The average Bonchev–Trinajstić information content (AvgIpc) is 3.22. The molecule has 1 aromatic heterocycles. The fourth-order valence-corrected chi connectivity index (χ4v) is 4.52. The smallest absolute Gasteiger partial charge is 0.254 e. The summed E-state index contributed by atoms with van der Waals surface area (Å²) in [6.07, 6.45) is 4.52. The quantitative estimate of drug-likeness (QED) is 0.425. The van der Waals surface area contributed by atoms with Crippen molar-refractivity contribution in [3.05, 3.63) is 72.1 Å². The summed E-state index contributed by atoms with van der Waals surface area (Å²) in [5, 5.41) is 3.84. The largest absolute Gasteiger partial charge is 0.404 e. The van der Waals surface area contributed by atoms with Gasteiger partial charge in [0.1, 0.15) is 6.04 Å². The number of nitrogens with two attached hydrogens (primary N) is 1. The molecule has 2 heterocycles. The van der Waals surface area contributed by atoms with Gasteiger partial charge in [-0.05, 0) is 23.8 Å². The first kappa shape index (κ1) is 20.7. The number of aliphatic imine (C=N–C) groups is 1. The Balaban J connectivity index is 1.45. The number of carbonyl (C=O) groups is 2. The van der Waals surface area contributed by atoms with Gasteiger partial charge in [0.05, 0.1) is 17.8 Å². The second-order valence-corrected chi connectivity index (χ2v) is 8.26. The van der Waals surface area contributed by atoms with Gasteiger partial charge in [0.2, 0.25) is 5.91 Å². The highest BCUT2D eigenvalue weighted by atomic mass is 32.2. The molecule has 1 aliphatic heterocycles. The van der Waals surface area contributed by atoms with E-state index in [1.165, 1.54) is 24.2 Å². The van der Waals surface area contributed by atoms with E-state index in [9.17, 15) is 9.59 Å². The van der Waals surface area contributed by atoms with Crippen LogP contribution in [-0.4, -0.2) is 41.9 Å². The predicted octanol–water partition coefficient (Wildman–Crippen LogP) is 2.83. The van der Waals surface area contributed by atoms with Crippen molar-refractivity contribution in [3.63, 3.8) is 0 Å². The normalized spacial score (nSPS) is 17.1. The van der Waals surface area contributed by atoms with Crippen LogP contribution in [0.25, 0.3) is 10.9 Å². The van der Waals surface area contributed by atoms with Gasteiger partial charge < -0.3 is 20.9 Å². The van der Waals surface area contributed by atoms with E-state index < -0.39 is 11.9 Å². The highest BCUT2D eigenvalue weighted by molar-refractivity contribution is 7.99. The van der Waals surface area contributed by atoms with E-state index in [0.717, 1.165) is 27.0 Å². The summed E-state index contributed by atoms with van der Waals surface area (Å²) in [6.45, 7) is 0.439. The molecule has 31 heavy (non-hydrogen) atoms. The topological polar surface area (TPSA) is 104 Å². The Hall–Kier alpha value is -3.52. The van der Waals surface area contributed by atoms with Crippen LogP contribution in [0.15, 0.2) is 76.4 Å². The number of nitrogens with one attached hydrogen (secondary N) is 2. The van der Waals surface area contributed by atoms with Crippen LogP contribution in [0.4, 0.5) is 5.69 Å². The molecule has 2 aromatic carbocycles. The van der Waals surface area contributed by atoms with Gasteiger partial charge in [0.15, 0.2) is 0 Å². The predicted molar refractivity (Wildman–Crippen MR) is 125 cm³/mol. The Bertz CT molecular complexity index is 1170. The lowest BCUT2D eigenvalue weighted by Crippen LogP contribution is -2.48. The van der Waals surface area contributed by atoms with E-state index >= 15 is 0 Å². The molecule has 3 aromatic rings.